The van der Waals surface area contributed by atoms with Gasteiger partial charge in [0.15, 0.2) is 12.4 Å². The fourth-order valence-corrected chi connectivity index (χ4v) is 2.06. The summed E-state index contributed by atoms with van der Waals surface area (Å²) in [7, 11) is 0. The predicted molar refractivity (Wildman–Crippen MR) is 92.9 cm³/mol. The van der Waals surface area contributed by atoms with Gasteiger partial charge in [0.2, 0.25) is 0 Å². The Balaban J connectivity index is 1.98. The van der Waals surface area contributed by atoms with Gasteiger partial charge in [-0.05, 0) is 31.2 Å². The Morgan fingerprint density at radius 3 is 2.54 bits per heavy atom. The van der Waals surface area contributed by atoms with Crippen LogP contribution in [0.2, 0.25) is 0 Å². The molecule has 2 aromatic carbocycles. The fourth-order valence-electron chi connectivity index (χ4n) is 2.06. The summed E-state index contributed by atoms with van der Waals surface area (Å²) in [6.45, 7) is 0.801. The zero-order chi connectivity index (χ0) is 19.3. The second-order valence-corrected chi connectivity index (χ2v) is 5.29. The number of benzene rings is 2. The summed E-state index contributed by atoms with van der Waals surface area (Å²) in [5, 5.41) is 13.3. The van der Waals surface area contributed by atoms with E-state index in [4.69, 9.17) is 10.5 Å². The van der Waals surface area contributed by atoms with Crippen LogP contribution in [0.25, 0.3) is 0 Å². The summed E-state index contributed by atoms with van der Waals surface area (Å²) in [4.78, 5) is 45.2. The minimum atomic E-state index is -0.902. The maximum absolute atomic E-state index is 11.9. The van der Waals surface area contributed by atoms with Crippen LogP contribution in [-0.4, -0.2) is 29.2 Å². The van der Waals surface area contributed by atoms with Crippen molar-refractivity contribution in [3.63, 3.8) is 0 Å². The zero-order valence-electron chi connectivity index (χ0n) is 13.7. The number of Topliss-reactive ketones (excluding diaryl/α,β-unsaturated/α-hetero) is 1. The Hall–Kier alpha value is -3.75. The zero-order valence-corrected chi connectivity index (χ0v) is 13.7. The largest absolute Gasteiger partial charge is 0.452 e. The number of ether oxygens (including phenoxy) is 1. The summed E-state index contributed by atoms with van der Waals surface area (Å²) in [5.41, 5.74) is 5.64. The number of nitrogens with two attached hydrogens (primary N) is 1. The molecule has 0 aromatic heterocycles. The van der Waals surface area contributed by atoms with Crippen molar-refractivity contribution in [3.05, 3.63) is 63.7 Å². The van der Waals surface area contributed by atoms with Crippen molar-refractivity contribution in [1.82, 2.24) is 0 Å². The summed E-state index contributed by atoms with van der Waals surface area (Å²) < 4.78 is 4.83. The smallest absolute Gasteiger partial charge is 0.338 e. The van der Waals surface area contributed by atoms with Crippen molar-refractivity contribution in [2.75, 3.05) is 17.7 Å². The molecule has 2 rings (SSSR count). The normalized spacial score (nSPS) is 10.0. The topological polar surface area (TPSA) is 142 Å². The van der Waals surface area contributed by atoms with Gasteiger partial charge in [0.25, 0.3) is 11.6 Å². The fraction of sp³-hybridized carbons (Fsp3) is 0.118. The van der Waals surface area contributed by atoms with Crippen LogP contribution in [0, 0.1) is 10.1 Å². The highest BCUT2D eigenvalue weighted by molar-refractivity contribution is 5.98. The minimum Gasteiger partial charge on any atom is -0.452 e. The van der Waals surface area contributed by atoms with E-state index < -0.39 is 29.1 Å². The van der Waals surface area contributed by atoms with Gasteiger partial charge in [0.1, 0.15) is 5.69 Å². The van der Waals surface area contributed by atoms with Gasteiger partial charge in [-0.25, -0.2) is 4.79 Å². The van der Waals surface area contributed by atoms with Gasteiger partial charge in [-0.1, -0.05) is 12.1 Å². The van der Waals surface area contributed by atoms with Gasteiger partial charge in [0.05, 0.1) is 10.5 Å². The van der Waals surface area contributed by atoms with Gasteiger partial charge in [-0.15, -0.1) is 0 Å². The standard InChI is InChI=1S/C17H15N3O6/c1-10(21)11-3-2-4-13(7-11)19-16(22)9-26-17(23)12-5-6-14(18)15(8-12)20(24)25/h2-8H,9,18H2,1H3,(H,19,22). The van der Waals surface area contributed by atoms with Gasteiger partial charge >= 0.3 is 5.97 Å². The van der Waals surface area contributed by atoms with E-state index in [0.29, 0.717) is 11.3 Å². The average Bonchev–Trinajstić information content (AvgIpc) is 2.60. The monoisotopic (exact) mass is 357 g/mol. The highest BCUT2D eigenvalue weighted by Crippen LogP contribution is 2.22. The molecule has 0 saturated carbocycles. The maximum atomic E-state index is 11.9. The summed E-state index contributed by atoms with van der Waals surface area (Å²) >= 11 is 0. The van der Waals surface area contributed by atoms with Crippen LogP contribution in [0.3, 0.4) is 0 Å². The van der Waals surface area contributed by atoms with E-state index in [1.807, 2.05) is 0 Å². The second kappa shape index (κ2) is 7.88. The third-order valence-electron chi connectivity index (χ3n) is 3.35. The number of nitrogens with one attached hydrogen (secondary N) is 1. The highest BCUT2D eigenvalue weighted by Gasteiger charge is 2.17. The van der Waals surface area contributed by atoms with Crippen molar-refractivity contribution in [2.24, 2.45) is 0 Å². The first-order valence-electron chi connectivity index (χ1n) is 7.40. The van der Waals surface area contributed by atoms with Crippen molar-refractivity contribution < 1.29 is 24.0 Å². The summed E-state index contributed by atoms with van der Waals surface area (Å²) in [5.74, 6) is -1.68. The van der Waals surface area contributed by atoms with Gasteiger partial charge in [-0.2, -0.15) is 0 Å². The molecule has 0 saturated heterocycles. The van der Waals surface area contributed by atoms with Crippen LogP contribution in [0.4, 0.5) is 17.1 Å². The Labute approximate surface area is 147 Å². The molecule has 0 aliphatic carbocycles. The molecule has 3 N–H and O–H groups in total. The lowest BCUT2D eigenvalue weighted by atomic mass is 10.1. The lowest BCUT2D eigenvalue weighted by Gasteiger charge is -2.08. The van der Waals surface area contributed by atoms with Crippen LogP contribution in [0.1, 0.15) is 27.6 Å². The van der Waals surface area contributed by atoms with E-state index in [-0.39, 0.29) is 17.0 Å². The van der Waals surface area contributed by atoms with Crippen LogP contribution < -0.4 is 11.1 Å². The van der Waals surface area contributed by atoms with Gasteiger partial charge in [-0.3, -0.25) is 19.7 Å². The number of nitrogens with zero attached hydrogens (tertiary/aromatic N) is 1. The third-order valence-corrected chi connectivity index (χ3v) is 3.35. The summed E-state index contributed by atoms with van der Waals surface area (Å²) in [6, 6.07) is 9.73. The molecule has 0 bridgehead atoms. The van der Waals surface area contributed by atoms with Crippen molar-refractivity contribution >= 4 is 34.7 Å². The van der Waals surface area contributed by atoms with Crippen LogP contribution in [0.15, 0.2) is 42.5 Å². The van der Waals surface area contributed by atoms with Gasteiger partial charge < -0.3 is 15.8 Å². The van der Waals surface area contributed by atoms with Crippen LogP contribution in [-0.2, 0) is 9.53 Å². The molecule has 0 radical (unpaired) electrons. The molecule has 2 aromatic rings. The number of nitro groups is 1. The number of carbonyl (C=O) groups excluding carboxylic acids is 3. The number of nitro benzene ring substituents is 1. The number of rotatable bonds is 6. The van der Waals surface area contributed by atoms with E-state index in [9.17, 15) is 24.5 Å². The summed E-state index contributed by atoms with van der Waals surface area (Å²) in [6.07, 6.45) is 0. The van der Waals surface area contributed by atoms with Crippen molar-refractivity contribution in [3.8, 4) is 0 Å². The van der Waals surface area contributed by atoms with E-state index >= 15 is 0 Å². The molecule has 0 aliphatic rings. The van der Waals surface area contributed by atoms with Crippen molar-refractivity contribution in [2.45, 2.75) is 6.92 Å². The molecule has 0 fully saturated rings. The maximum Gasteiger partial charge on any atom is 0.338 e. The number of hydrogen-bond donors (Lipinski definition) is 2. The molecule has 0 unspecified atom stereocenters. The average molecular weight is 357 g/mol. The molecular weight excluding hydrogens is 342 g/mol. The molecule has 0 heterocycles. The first kappa shape index (κ1) is 18.6. The number of anilines is 2. The third kappa shape index (κ3) is 4.63. The Morgan fingerprint density at radius 1 is 1.15 bits per heavy atom. The van der Waals surface area contributed by atoms with Crippen LogP contribution >= 0.6 is 0 Å². The number of amides is 1. The quantitative estimate of drug-likeness (QED) is 0.265. The SMILES string of the molecule is CC(=O)c1cccc(NC(=O)COC(=O)c2ccc(N)c([N+](=O)[O-])c2)c1. The first-order valence-corrected chi connectivity index (χ1v) is 7.40. The predicted octanol–water partition coefficient (Wildman–Crippen LogP) is 2.18. The molecule has 9 nitrogen and oxygen atoms in total. The Bertz CT molecular complexity index is 894. The molecule has 0 atom stereocenters. The highest BCUT2D eigenvalue weighted by atomic mass is 16.6. The first-order chi connectivity index (χ1) is 12.3. The lowest BCUT2D eigenvalue weighted by Crippen LogP contribution is -2.21. The molecular formula is C17H15N3O6. The van der Waals surface area contributed by atoms with E-state index in [1.54, 1.807) is 18.2 Å². The Morgan fingerprint density at radius 2 is 1.88 bits per heavy atom. The molecule has 0 spiro atoms. The number of ketones is 1. The van der Waals surface area contributed by atoms with E-state index in [2.05, 4.69) is 5.32 Å². The molecule has 134 valence electrons. The molecule has 1 amide bonds. The minimum absolute atomic E-state index is 0.0883. The number of hydrogen-bond acceptors (Lipinski definition) is 7. The van der Waals surface area contributed by atoms with E-state index in [1.165, 1.54) is 25.1 Å². The number of nitrogen functional groups attached to an aromatic ring is 1. The van der Waals surface area contributed by atoms with Crippen LogP contribution in [0.5, 0.6) is 0 Å². The number of carbonyl (C=O) groups is 3. The van der Waals surface area contributed by atoms with E-state index in [0.717, 1.165) is 6.07 Å². The van der Waals surface area contributed by atoms with Gasteiger partial charge in [0, 0.05) is 17.3 Å². The lowest BCUT2D eigenvalue weighted by molar-refractivity contribution is -0.383. The molecule has 9 heteroatoms. The second-order valence-electron chi connectivity index (χ2n) is 5.29. The Kier molecular flexibility index (Phi) is 5.63. The van der Waals surface area contributed by atoms with Crippen molar-refractivity contribution in [1.29, 1.82) is 0 Å². The number of esters is 1. The molecule has 26 heavy (non-hydrogen) atoms. The molecule has 0 aliphatic heterocycles.